The van der Waals surface area contributed by atoms with Crippen LogP contribution in [0, 0.1) is 0 Å². The Bertz CT molecular complexity index is 630. The van der Waals surface area contributed by atoms with E-state index in [1.54, 1.807) is 0 Å². The molecule has 0 bridgehead atoms. The van der Waals surface area contributed by atoms with E-state index < -0.39 is 5.97 Å². The van der Waals surface area contributed by atoms with Gasteiger partial charge in [-0.15, -0.1) is 11.3 Å². The van der Waals surface area contributed by atoms with Crippen molar-refractivity contribution in [2.45, 2.75) is 18.4 Å². The highest BCUT2D eigenvalue weighted by atomic mass is 32.2. The average Bonchev–Trinajstić information content (AvgIpc) is 2.97. The topological polar surface area (TPSA) is 81.2 Å². The Balaban J connectivity index is 1.79. The fourth-order valence-electron chi connectivity index (χ4n) is 1.51. The van der Waals surface area contributed by atoms with Crippen molar-refractivity contribution in [1.29, 1.82) is 0 Å². The van der Waals surface area contributed by atoms with E-state index in [9.17, 15) is 9.59 Å². The van der Waals surface area contributed by atoms with Crippen molar-refractivity contribution in [3.05, 3.63) is 17.8 Å². The highest BCUT2D eigenvalue weighted by Crippen LogP contribution is 2.27. The van der Waals surface area contributed by atoms with E-state index in [1.807, 2.05) is 18.4 Å². The second-order valence-corrected chi connectivity index (χ2v) is 5.98. The quantitative estimate of drug-likeness (QED) is 0.475. The van der Waals surface area contributed by atoms with Crippen LogP contribution in [0.2, 0.25) is 0 Å². The maximum absolute atomic E-state index is 11.6. The molecule has 0 aliphatic carbocycles. The van der Waals surface area contributed by atoms with Crippen molar-refractivity contribution in [1.82, 2.24) is 15.3 Å². The molecule has 0 aromatic carbocycles. The number of rotatable bonds is 7. The van der Waals surface area contributed by atoms with Gasteiger partial charge in [-0.25, -0.2) is 9.97 Å². The van der Waals surface area contributed by atoms with Crippen molar-refractivity contribution in [2.75, 3.05) is 18.9 Å². The molecule has 2 rings (SSSR count). The molecule has 0 atom stereocenters. The van der Waals surface area contributed by atoms with Crippen LogP contribution in [0.1, 0.15) is 13.3 Å². The molecule has 112 valence electrons. The van der Waals surface area contributed by atoms with Gasteiger partial charge in [-0.1, -0.05) is 18.7 Å². The number of nitrogens with one attached hydrogen (secondary N) is 1. The molecule has 0 spiro atoms. The molecule has 1 N–H and O–H groups in total. The lowest BCUT2D eigenvalue weighted by atomic mass is 10.4. The minimum Gasteiger partial charge on any atom is -0.455 e. The summed E-state index contributed by atoms with van der Waals surface area (Å²) in [4.78, 5) is 32.1. The summed E-state index contributed by atoms with van der Waals surface area (Å²) in [5, 5.41) is 6.25. The number of hydrogen-bond donors (Lipinski definition) is 1. The van der Waals surface area contributed by atoms with Crippen molar-refractivity contribution in [3.63, 3.8) is 0 Å². The molecule has 8 heteroatoms. The predicted octanol–water partition coefficient (Wildman–Crippen LogP) is 1.85. The highest BCUT2D eigenvalue weighted by molar-refractivity contribution is 8.00. The van der Waals surface area contributed by atoms with Gasteiger partial charge in [0.25, 0.3) is 5.91 Å². The Kier molecular flexibility index (Phi) is 5.94. The molecule has 0 aliphatic heterocycles. The second kappa shape index (κ2) is 7.94. The van der Waals surface area contributed by atoms with Gasteiger partial charge in [-0.3, -0.25) is 9.59 Å². The minimum atomic E-state index is -0.436. The first kappa shape index (κ1) is 15.7. The van der Waals surface area contributed by atoms with Crippen LogP contribution in [0.15, 0.2) is 22.8 Å². The maximum Gasteiger partial charge on any atom is 0.316 e. The summed E-state index contributed by atoms with van der Waals surface area (Å²) in [5.41, 5.74) is 0. The van der Waals surface area contributed by atoms with E-state index in [0.29, 0.717) is 6.54 Å². The van der Waals surface area contributed by atoms with Crippen LogP contribution in [0.5, 0.6) is 0 Å². The van der Waals surface area contributed by atoms with Crippen molar-refractivity contribution >= 4 is 45.2 Å². The predicted molar refractivity (Wildman–Crippen MR) is 82.4 cm³/mol. The third-order valence-corrected chi connectivity index (χ3v) is 4.29. The van der Waals surface area contributed by atoms with E-state index >= 15 is 0 Å². The van der Waals surface area contributed by atoms with Crippen LogP contribution in [0.3, 0.4) is 0 Å². The highest BCUT2D eigenvalue weighted by Gasteiger charge is 2.11. The summed E-state index contributed by atoms with van der Waals surface area (Å²) in [7, 11) is 0. The number of carbonyl (C=O) groups excluding carboxylic acids is 2. The summed E-state index contributed by atoms with van der Waals surface area (Å²) in [6, 6.07) is 1.92. The Morgan fingerprint density at radius 1 is 1.43 bits per heavy atom. The van der Waals surface area contributed by atoms with Gasteiger partial charge in [0, 0.05) is 11.9 Å². The van der Waals surface area contributed by atoms with Crippen LogP contribution in [0.4, 0.5) is 0 Å². The largest absolute Gasteiger partial charge is 0.455 e. The number of thioether (sulfide) groups is 1. The van der Waals surface area contributed by atoms with E-state index in [4.69, 9.17) is 4.74 Å². The fourth-order valence-corrected chi connectivity index (χ4v) is 3.09. The van der Waals surface area contributed by atoms with Crippen molar-refractivity contribution in [2.24, 2.45) is 0 Å². The van der Waals surface area contributed by atoms with Gasteiger partial charge in [0.2, 0.25) is 0 Å². The van der Waals surface area contributed by atoms with Crippen molar-refractivity contribution < 1.29 is 14.3 Å². The first-order chi connectivity index (χ1) is 10.2. The van der Waals surface area contributed by atoms with Crippen LogP contribution < -0.4 is 5.32 Å². The summed E-state index contributed by atoms with van der Waals surface area (Å²) in [6.45, 7) is 2.30. The molecule has 2 aromatic rings. The van der Waals surface area contributed by atoms with Gasteiger partial charge in [-0.05, 0) is 17.9 Å². The molecule has 21 heavy (non-hydrogen) atoms. The molecule has 0 unspecified atom stereocenters. The minimum absolute atomic E-state index is 0.114. The summed E-state index contributed by atoms with van der Waals surface area (Å²) in [5.74, 6) is -0.602. The van der Waals surface area contributed by atoms with Gasteiger partial charge in [-0.2, -0.15) is 0 Å². The lowest BCUT2D eigenvalue weighted by Crippen LogP contribution is -2.29. The zero-order valence-corrected chi connectivity index (χ0v) is 13.1. The van der Waals surface area contributed by atoms with Gasteiger partial charge < -0.3 is 10.1 Å². The Hall–Kier alpha value is -1.67. The first-order valence-corrected chi connectivity index (χ1v) is 8.30. The standard InChI is InChI=1S/C13H15N3O3S2/c1-2-4-14-10(17)6-19-11(18)7-21-13-9-3-5-20-12(9)15-8-16-13/h3,5,8H,2,4,6-7H2,1H3,(H,14,17). The summed E-state index contributed by atoms with van der Waals surface area (Å²) < 4.78 is 4.90. The van der Waals surface area contributed by atoms with Crippen molar-refractivity contribution in [3.8, 4) is 0 Å². The number of hydrogen-bond acceptors (Lipinski definition) is 7. The molecule has 0 fully saturated rings. The Morgan fingerprint density at radius 3 is 3.10 bits per heavy atom. The number of esters is 1. The number of thiophene rings is 1. The maximum atomic E-state index is 11.6. The van der Waals surface area contributed by atoms with Crippen LogP contribution >= 0.6 is 23.1 Å². The molecular formula is C13H15N3O3S2. The Labute approximate surface area is 130 Å². The normalized spacial score (nSPS) is 10.5. The van der Waals surface area contributed by atoms with E-state index in [-0.39, 0.29) is 18.3 Å². The zero-order chi connectivity index (χ0) is 15.1. The van der Waals surface area contributed by atoms with Gasteiger partial charge in [0.05, 0.1) is 5.75 Å². The molecule has 0 saturated carbocycles. The third kappa shape index (κ3) is 4.68. The van der Waals surface area contributed by atoms with E-state index in [0.717, 1.165) is 21.7 Å². The molecule has 1 amide bonds. The molecule has 2 aromatic heterocycles. The zero-order valence-electron chi connectivity index (χ0n) is 11.5. The second-order valence-electron chi connectivity index (χ2n) is 4.12. The first-order valence-electron chi connectivity index (χ1n) is 6.44. The average molecular weight is 325 g/mol. The number of carbonyl (C=O) groups is 2. The number of nitrogens with zero attached hydrogens (tertiary/aromatic N) is 2. The summed E-state index contributed by atoms with van der Waals surface area (Å²) in [6.07, 6.45) is 2.32. The molecule has 0 aliphatic rings. The Morgan fingerprint density at radius 2 is 2.29 bits per heavy atom. The number of amides is 1. The fraction of sp³-hybridized carbons (Fsp3) is 0.385. The lowest BCUT2D eigenvalue weighted by molar-refractivity contribution is -0.145. The molecular weight excluding hydrogens is 310 g/mol. The van der Waals surface area contributed by atoms with Crippen LogP contribution in [0.25, 0.3) is 10.2 Å². The van der Waals surface area contributed by atoms with Crippen LogP contribution in [-0.4, -0.2) is 40.7 Å². The summed E-state index contributed by atoms with van der Waals surface area (Å²) >= 11 is 2.81. The third-order valence-electron chi connectivity index (χ3n) is 2.49. The monoisotopic (exact) mass is 325 g/mol. The lowest BCUT2D eigenvalue weighted by Gasteiger charge is -2.05. The van der Waals surface area contributed by atoms with Gasteiger partial charge in [0.1, 0.15) is 16.2 Å². The SMILES string of the molecule is CCCNC(=O)COC(=O)CSc1ncnc2sccc12. The van der Waals surface area contributed by atoms with Gasteiger partial charge >= 0.3 is 5.97 Å². The van der Waals surface area contributed by atoms with E-state index in [1.165, 1.54) is 29.4 Å². The smallest absolute Gasteiger partial charge is 0.316 e. The molecule has 6 nitrogen and oxygen atoms in total. The molecule has 0 saturated heterocycles. The number of aromatic nitrogens is 2. The number of ether oxygens (including phenoxy) is 1. The molecule has 0 radical (unpaired) electrons. The number of fused-ring (bicyclic) bond motifs is 1. The van der Waals surface area contributed by atoms with Crippen LogP contribution in [-0.2, 0) is 14.3 Å². The van der Waals surface area contributed by atoms with E-state index in [2.05, 4.69) is 15.3 Å². The van der Waals surface area contributed by atoms with Gasteiger partial charge in [0.15, 0.2) is 6.61 Å². The molecule has 2 heterocycles.